The summed E-state index contributed by atoms with van der Waals surface area (Å²) in [7, 11) is -3.39. The van der Waals surface area contributed by atoms with Crippen molar-refractivity contribution in [2.75, 3.05) is 19.0 Å². The van der Waals surface area contributed by atoms with Crippen LogP contribution in [0.2, 0.25) is 0 Å². The molecule has 31 heavy (non-hydrogen) atoms. The summed E-state index contributed by atoms with van der Waals surface area (Å²) < 4.78 is 43.9. The minimum absolute atomic E-state index is 0.0375. The van der Waals surface area contributed by atoms with Crippen LogP contribution in [0.15, 0.2) is 53.6 Å². The molecule has 5 nitrogen and oxygen atoms in total. The van der Waals surface area contributed by atoms with Gasteiger partial charge in [0.05, 0.1) is 23.5 Å². The van der Waals surface area contributed by atoms with Crippen LogP contribution in [0, 0.1) is 11.7 Å². The molecule has 0 atom stereocenters. The van der Waals surface area contributed by atoms with Gasteiger partial charge in [0.15, 0.2) is 9.84 Å². The van der Waals surface area contributed by atoms with Crippen LogP contribution in [0.1, 0.15) is 43.9 Å². The number of allylic oxidation sites excluding steroid dienone is 1. The van der Waals surface area contributed by atoms with Crippen LogP contribution in [0.3, 0.4) is 0 Å². The number of hydrogen-bond acceptors (Lipinski definition) is 4. The van der Waals surface area contributed by atoms with Gasteiger partial charge < -0.3 is 9.72 Å². The van der Waals surface area contributed by atoms with Crippen molar-refractivity contribution >= 4 is 26.4 Å². The first kappa shape index (κ1) is 21.7. The van der Waals surface area contributed by atoms with Gasteiger partial charge in [0.1, 0.15) is 11.5 Å². The number of halogens is 1. The van der Waals surface area contributed by atoms with E-state index in [0.29, 0.717) is 23.6 Å². The molecule has 1 saturated carbocycles. The molecule has 7 heteroatoms. The molecule has 164 valence electrons. The molecule has 1 N–H and O–H groups in total. The van der Waals surface area contributed by atoms with E-state index < -0.39 is 9.84 Å². The number of fused-ring (bicyclic) bond motifs is 1. The second-order valence-electron chi connectivity index (χ2n) is 7.94. The van der Waals surface area contributed by atoms with E-state index in [9.17, 15) is 12.8 Å². The van der Waals surface area contributed by atoms with E-state index >= 15 is 0 Å². The van der Waals surface area contributed by atoms with E-state index in [0.717, 1.165) is 29.7 Å². The maximum Gasteiger partial charge on any atom is 0.180 e. The zero-order valence-corrected chi connectivity index (χ0v) is 18.4. The number of aromatic amines is 1. The van der Waals surface area contributed by atoms with Gasteiger partial charge in [-0.3, -0.25) is 0 Å². The number of sulfone groups is 1. The first-order valence-electron chi connectivity index (χ1n) is 10.7. The van der Waals surface area contributed by atoms with Gasteiger partial charge in [-0.25, -0.2) is 17.8 Å². The highest BCUT2D eigenvalue weighted by Gasteiger charge is 2.18. The van der Waals surface area contributed by atoms with Crippen molar-refractivity contribution < 1.29 is 17.5 Å². The summed E-state index contributed by atoms with van der Waals surface area (Å²) in [6.45, 7) is 2.52. The summed E-state index contributed by atoms with van der Waals surface area (Å²) in [5, 5.41) is 0.711. The molecule has 1 fully saturated rings. The van der Waals surface area contributed by atoms with Crippen molar-refractivity contribution in [3.8, 4) is 0 Å². The second kappa shape index (κ2) is 9.32. The monoisotopic (exact) mass is 442 g/mol. The predicted molar refractivity (Wildman–Crippen MR) is 120 cm³/mol. The topological polar surface area (TPSA) is 72.1 Å². The van der Waals surface area contributed by atoms with E-state index in [1.165, 1.54) is 25.1 Å². The lowest BCUT2D eigenvalue weighted by atomic mass is 9.96. The smallest absolute Gasteiger partial charge is 0.180 e. The van der Waals surface area contributed by atoms with Crippen LogP contribution in [-0.4, -0.2) is 37.4 Å². The fourth-order valence-corrected chi connectivity index (χ4v) is 5.23. The summed E-state index contributed by atoms with van der Waals surface area (Å²) in [6, 6.07) is 10.4. The third kappa shape index (κ3) is 5.05. The normalized spacial score (nSPS) is 15.7. The Morgan fingerprint density at radius 1 is 1.23 bits per heavy atom. The fourth-order valence-electron chi connectivity index (χ4n) is 4.11. The highest BCUT2D eigenvalue weighted by molar-refractivity contribution is 7.91. The van der Waals surface area contributed by atoms with E-state index in [1.807, 2.05) is 25.1 Å². The number of nitrogens with zero attached hydrogens (tertiary/aromatic N) is 1. The van der Waals surface area contributed by atoms with E-state index in [-0.39, 0.29) is 23.1 Å². The molecule has 2 heterocycles. The summed E-state index contributed by atoms with van der Waals surface area (Å²) in [6.07, 6.45) is 8.16. The van der Waals surface area contributed by atoms with Crippen molar-refractivity contribution in [1.82, 2.24) is 9.97 Å². The molecule has 0 unspecified atom stereocenters. The lowest BCUT2D eigenvalue weighted by Gasteiger charge is -2.11. The molecule has 0 bridgehead atoms. The number of benzene rings is 1. The Morgan fingerprint density at radius 3 is 2.68 bits per heavy atom. The van der Waals surface area contributed by atoms with E-state index in [2.05, 4.69) is 16.0 Å². The second-order valence-corrected chi connectivity index (χ2v) is 10.0. The van der Waals surface area contributed by atoms with Crippen molar-refractivity contribution in [3.63, 3.8) is 0 Å². The van der Waals surface area contributed by atoms with Crippen LogP contribution < -0.4 is 0 Å². The first-order valence-corrected chi connectivity index (χ1v) is 12.4. The maximum atomic E-state index is 13.6. The quantitative estimate of drug-likeness (QED) is 0.491. The molecule has 2 aromatic heterocycles. The first-order chi connectivity index (χ1) is 15.0. The van der Waals surface area contributed by atoms with Crippen LogP contribution >= 0.6 is 0 Å². The minimum atomic E-state index is -3.39. The lowest BCUT2D eigenvalue weighted by molar-refractivity contribution is 0.163. The van der Waals surface area contributed by atoms with Crippen molar-refractivity contribution in [2.45, 2.75) is 37.5 Å². The minimum Gasteiger partial charge on any atom is -0.381 e. The van der Waals surface area contributed by atoms with Crippen LogP contribution in [-0.2, 0) is 14.6 Å². The summed E-state index contributed by atoms with van der Waals surface area (Å²) in [5.74, 6) is 0.0613. The lowest BCUT2D eigenvalue weighted by Crippen LogP contribution is -2.12. The zero-order valence-electron chi connectivity index (χ0n) is 17.6. The van der Waals surface area contributed by atoms with Gasteiger partial charge >= 0.3 is 0 Å². The highest BCUT2D eigenvalue weighted by Crippen LogP contribution is 2.33. The summed E-state index contributed by atoms with van der Waals surface area (Å²) in [4.78, 5) is 7.72. The number of H-pyrrole nitrogens is 1. The largest absolute Gasteiger partial charge is 0.381 e. The van der Waals surface area contributed by atoms with Gasteiger partial charge in [0.2, 0.25) is 0 Å². The predicted octanol–water partition coefficient (Wildman–Crippen LogP) is 5.13. The number of rotatable bonds is 8. The maximum absolute atomic E-state index is 13.6. The number of hydrogen-bond donors (Lipinski definition) is 1. The van der Waals surface area contributed by atoms with Gasteiger partial charge in [0.25, 0.3) is 0 Å². The third-order valence-electron chi connectivity index (χ3n) is 5.75. The van der Waals surface area contributed by atoms with E-state index in [1.54, 1.807) is 12.1 Å². The molecule has 0 aliphatic heterocycles. The number of aromatic nitrogens is 2. The SMILES string of the molecule is CCOCCS(=O)(=O)c1ccc(C(=CC2CCCC2)c2cc3cc(F)cnc3[nH]2)cc1. The van der Waals surface area contributed by atoms with Gasteiger partial charge in [-0.2, -0.15) is 0 Å². The van der Waals surface area contributed by atoms with E-state index in [4.69, 9.17) is 4.74 Å². The molecular weight excluding hydrogens is 415 g/mol. The van der Waals surface area contributed by atoms with Crippen molar-refractivity contribution in [1.29, 1.82) is 0 Å². The van der Waals surface area contributed by atoms with Crippen LogP contribution in [0.5, 0.6) is 0 Å². The van der Waals surface area contributed by atoms with Crippen molar-refractivity contribution in [2.24, 2.45) is 5.92 Å². The van der Waals surface area contributed by atoms with Crippen LogP contribution in [0.4, 0.5) is 4.39 Å². The van der Waals surface area contributed by atoms with Gasteiger partial charge in [-0.1, -0.05) is 31.1 Å². The number of pyridine rings is 1. The molecule has 3 aromatic rings. The zero-order chi connectivity index (χ0) is 21.8. The average molecular weight is 443 g/mol. The molecule has 0 amide bonds. The molecular formula is C24H27FN2O3S. The van der Waals surface area contributed by atoms with Gasteiger partial charge in [-0.05, 0) is 55.5 Å². The molecule has 1 aliphatic carbocycles. The number of ether oxygens (including phenoxy) is 1. The molecule has 4 rings (SSSR count). The summed E-state index contributed by atoms with van der Waals surface area (Å²) in [5.41, 5.74) is 3.39. The molecule has 0 radical (unpaired) electrons. The summed E-state index contributed by atoms with van der Waals surface area (Å²) >= 11 is 0. The Labute approximate surface area is 182 Å². The fraction of sp³-hybridized carbons (Fsp3) is 0.375. The molecule has 1 aliphatic rings. The Morgan fingerprint density at radius 2 is 1.97 bits per heavy atom. The molecule has 0 spiro atoms. The standard InChI is InChI=1S/C24H27FN2O3S/c1-2-30-11-12-31(28,29)21-9-7-18(8-10-21)22(13-17-5-3-4-6-17)23-15-19-14-20(25)16-26-24(19)27-23/h7-10,13-17H,2-6,11-12H2,1H3,(H,26,27). The van der Waals surface area contributed by atoms with Gasteiger partial charge in [0, 0.05) is 23.3 Å². The Kier molecular flexibility index (Phi) is 6.53. The average Bonchev–Trinajstić information content (AvgIpc) is 3.41. The van der Waals surface area contributed by atoms with Crippen LogP contribution in [0.25, 0.3) is 16.6 Å². The molecule has 0 saturated heterocycles. The van der Waals surface area contributed by atoms with Gasteiger partial charge in [-0.15, -0.1) is 0 Å². The third-order valence-corrected chi connectivity index (χ3v) is 7.45. The van der Waals surface area contributed by atoms with Crippen molar-refractivity contribution in [3.05, 3.63) is 65.7 Å². The Balaban J connectivity index is 1.68. The Hall–Kier alpha value is -2.51. The number of nitrogens with one attached hydrogen (secondary N) is 1. The molecule has 1 aromatic carbocycles. The Bertz CT molecular complexity index is 1180. The highest BCUT2D eigenvalue weighted by atomic mass is 32.2.